The number of aliphatic hydroxyl groups excluding tert-OH is 3. The predicted octanol–water partition coefficient (Wildman–Crippen LogP) is -0.310. The number of hydrogen-bond donors (Lipinski definition) is 4. The molecule has 10 heteroatoms. The summed E-state index contributed by atoms with van der Waals surface area (Å²) in [6, 6.07) is 8.65. The molecule has 4 rings (SSSR count). The van der Waals surface area contributed by atoms with Gasteiger partial charge in [-0.2, -0.15) is 0 Å². The molecule has 1 aliphatic rings. The molecule has 4 N–H and O–H groups in total. The molecule has 27 heavy (non-hydrogen) atoms. The van der Waals surface area contributed by atoms with E-state index in [0.717, 1.165) is 0 Å². The molecule has 1 fully saturated rings. The average Bonchev–Trinajstić information content (AvgIpc) is 3.25. The number of amides is 1. The van der Waals surface area contributed by atoms with E-state index in [4.69, 9.17) is 4.74 Å². The maximum atomic E-state index is 12.4. The maximum absolute atomic E-state index is 12.4. The quantitative estimate of drug-likeness (QED) is 0.489. The fourth-order valence-electron chi connectivity index (χ4n) is 3.01. The van der Waals surface area contributed by atoms with Crippen molar-refractivity contribution >= 4 is 22.9 Å². The van der Waals surface area contributed by atoms with Crippen molar-refractivity contribution < 1.29 is 24.9 Å². The highest BCUT2D eigenvalue weighted by atomic mass is 16.6. The molecule has 1 aliphatic heterocycles. The lowest BCUT2D eigenvalue weighted by molar-refractivity contribution is -0.0511. The fraction of sp³-hybridized carbons (Fsp3) is 0.294. The van der Waals surface area contributed by atoms with Crippen molar-refractivity contribution in [1.29, 1.82) is 0 Å². The van der Waals surface area contributed by atoms with E-state index in [1.165, 1.54) is 17.2 Å². The second-order valence-electron chi connectivity index (χ2n) is 6.10. The highest BCUT2D eigenvalue weighted by Gasteiger charge is 2.44. The van der Waals surface area contributed by atoms with E-state index in [-0.39, 0.29) is 11.7 Å². The normalized spacial score (nSPS) is 25.0. The van der Waals surface area contributed by atoms with Crippen molar-refractivity contribution in [3.05, 3.63) is 48.5 Å². The van der Waals surface area contributed by atoms with Gasteiger partial charge in [0.15, 0.2) is 23.2 Å². The van der Waals surface area contributed by atoms with Gasteiger partial charge < -0.3 is 25.4 Å². The molecule has 1 saturated heterocycles. The zero-order valence-electron chi connectivity index (χ0n) is 14.0. The number of fused-ring (bicyclic) bond motifs is 1. The van der Waals surface area contributed by atoms with Gasteiger partial charge in [0.1, 0.15) is 24.6 Å². The minimum Gasteiger partial charge on any atom is -0.394 e. The lowest BCUT2D eigenvalue weighted by Crippen LogP contribution is -2.33. The van der Waals surface area contributed by atoms with E-state index < -0.39 is 31.1 Å². The molecular formula is C17H17N5O5. The molecule has 0 spiro atoms. The molecule has 2 aromatic heterocycles. The van der Waals surface area contributed by atoms with E-state index in [1.807, 2.05) is 6.07 Å². The van der Waals surface area contributed by atoms with Crippen LogP contribution < -0.4 is 5.32 Å². The Kier molecular flexibility index (Phi) is 4.54. The number of nitrogens with one attached hydrogen (secondary N) is 1. The first kappa shape index (κ1) is 17.5. The summed E-state index contributed by atoms with van der Waals surface area (Å²) in [6.45, 7) is -0.436. The van der Waals surface area contributed by atoms with Gasteiger partial charge in [-0.25, -0.2) is 15.0 Å². The van der Waals surface area contributed by atoms with E-state index >= 15 is 0 Å². The van der Waals surface area contributed by atoms with Crippen LogP contribution in [0.2, 0.25) is 0 Å². The molecule has 0 saturated carbocycles. The Morgan fingerprint density at radius 1 is 1.15 bits per heavy atom. The SMILES string of the molecule is O=C(Nc1ncnc2c1ncn2[C@@H]1O[C@H](CO)[C@@H](O)[C@H]1O)c1ccccc1. The molecule has 0 radical (unpaired) electrons. The molecule has 4 atom stereocenters. The number of ether oxygens (including phenoxy) is 1. The van der Waals surface area contributed by atoms with E-state index in [1.54, 1.807) is 24.3 Å². The predicted molar refractivity (Wildman–Crippen MR) is 92.7 cm³/mol. The first-order valence-electron chi connectivity index (χ1n) is 8.26. The van der Waals surface area contributed by atoms with Crippen LogP contribution in [0.15, 0.2) is 43.0 Å². The van der Waals surface area contributed by atoms with Crippen molar-refractivity contribution in [2.75, 3.05) is 11.9 Å². The second-order valence-corrected chi connectivity index (χ2v) is 6.10. The molecule has 3 aromatic rings. The lowest BCUT2D eigenvalue weighted by Gasteiger charge is -2.16. The summed E-state index contributed by atoms with van der Waals surface area (Å²) in [6.07, 6.45) is -1.77. The molecular weight excluding hydrogens is 354 g/mol. The van der Waals surface area contributed by atoms with E-state index in [0.29, 0.717) is 16.7 Å². The van der Waals surface area contributed by atoms with Gasteiger partial charge in [-0.3, -0.25) is 9.36 Å². The number of rotatable bonds is 4. The largest absolute Gasteiger partial charge is 0.394 e. The van der Waals surface area contributed by atoms with Crippen LogP contribution in [0, 0.1) is 0 Å². The van der Waals surface area contributed by atoms with Crippen LogP contribution in [0.4, 0.5) is 5.82 Å². The van der Waals surface area contributed by atoms with Crippen molar-refractivity contribution in [2.24, 2.45) is 0 Å². The van der Waals surface area contributed by atoms with Gasteiger partial charge in [-0.15, -0.1) is 0 Å². The third-order valence-corrected chi connectivity index (χ3v) is 4.42. The fourth-order valence-corrected chi connectivity index (χ4v) is 3.01. The highest BCUT2D eigenvalue weighted by molar-refractivity contribution is 6.06. The molecule has 0 bridgehead atoms. The first-order valence-corrected chi connectivity index (χ1v) is 8.26. The third-order valence-electron chi connectivity index (χ3n) is 4.42. The van der Waals surface area contributed by atoms with E-state index in [9.17, 15) is 20.1 Å². The summed E-state index contributed by atoms with van der Waals surface area (Å²) >= 11 is 0. The first-order chi connectivity index (χ1) is 13.1. The van der Waals surface area contributed by atoms with Crippen LogP contribution >= 0.6 is 0 Å². The molecule has 1 aromatic carbocycles. The van der Waals surface area contributed by atoms with E-state index in [2.05, 4.69) is 20.3 Å². The minimum atomic E-state index is -1.27. The van der Waals surface area contributed by atoms with Gasteiger partial charge in [-0.1, -0.05) is 18.2 Å². The van der Waals surface area contributed by atoms with Gasteiger partial charge >= 0.3 is 0 Å². The summed E-state index contributed by atoms with van der Waals surface area (Å²) < 4.78 is 6.93. The number of nitrogens with zero attached hydrogens (tertiary/aromatic N) is 4. The van der Waals surface area contributed by atoms with Crippen LogP contribution in [0.3, 0.4) is 0 Å². The van der Waals surface area contributed by atoms with Crippen LogP contribution in [0.25, 0.3) is 11.2 Å². The summed E-state index contributed by atoms with van der Waals surface area (Å²) in [5, 5.41) is 32.1. The van der Waals surface area contributed by atoms with Crippen molar-refractivity contribution in [3.63, 3.8) is 0 Å². The van der Waals surface area contributed by atoms with Crippen molar-refractivity contribution in [2.45, 2.75) is 24.5 Å². The molecule has 140 valence electrons. The highest BCUT2D eigenvalue weighted by Crippen LogP contribution is 2.32. The molecule has 3 heterocycles. The van der Waals surface area contributed by atoms with Crippen molar-refractivity contribution in [1.82, 2.24) is 19.5 Å². The topological polar surface area (TPSA) is 143 Å². The number of benzene rings is 1. The number of carbonyl (C=O) groups excluding carboxylic acids is 1. The van der Waals surface area contributed by atoms with Gasteiger partial charge in [0.25, 0.3) is 5.91 Å². The molecule has 1 amide bonds. The third kappa shape index (κ3) is 3.04. The van der Waals surface area contributed by atoms with Gasteiger partial charge in [0.05, 0.1) is 12.9 Å². The number of aromatic nitrogens is 4. The monoisotopic (exact) mass is 371 g/mol. The lowest BCUT2D eigenvalue weighted by atomic mass is 10.1. The maximum Gasteiger partial charge on any atom is 0.256 e. The number of carbonyl (C=O) groups is 1. The summed E-state index contributed by atoms with van der Waals surface area (Å²) in [4.78, 5) is 24.8. The second kappa shape index (κ2) is 7.00. The summed E-state index contributed by atoms with van der Waals surface area (Å²) in [5.74, 6) is -0.141. The van der Waals surface area contributed by atoms with Crippen molar-refractivity contribution in [3.8, 4) is 0 Å². The summed E-state index contributed by atoms with van der Waals surface area (Å²) in [7, 11) is 0. The number of anilines is 1. The number of hydrogen-bond acceptors (Lipinski definition) is 8. The minimum absolute atomic E-state index is 0.208. The van der Waals surface area contributed by atoms with Crippen LogP contribution in [0.5, 0.6) is 0 Å². The Morgan fingerprint density at radius 2 is 1.93 bits per heavy atom. The zero-order chi connectivity index (χ0) is 19.0. The standard InChI is InChI=1S/C17H17N5O5/c23-6-10-12(24)13(25)17(27-10)22-8-20-11-14(18-7-19-15(11)22)21-16(26)9-4-2-1-3-5-9/h1-5,7-8,10,12-13,17,23-25H,6H2,(H,18,19,21,26)/t10-,12-,13-,17-/m1/s1. The molecule has 0 unspecified atom stereocenters. The Balaban J connectivity index is 1.65. The Morgan fingerprint density at radius 3 is 2.63 bits per heavy atom. The van der Waals surface area contributed by atoms with Crippen LogP contribution in [-0.2, 0) is 4.74 Å². The summed E-state index contributed by atoms with van der Waals surface area (Å²) in [5.41, 5.74) is 1.08. The Hall–Kier alpha value is -2.92. The Labute approximate surface area is 153 Å². The van der Waals surface area contributed by atoms with Crippen LogP contribution in [0.1, 0.15) is 16.6 Å². The zero-order valence-corrected chi connectivity index (χ0v) is 14.0. The van der Waals surface area contributed by atoms with Gasteiger partial charge in [0, 0.05) is 5.56 Å². The number of aliphatic hydroxyl groups is 3. The number of imidazole rings is 1. The molecule has 0 aliphatic carbocycles. The van der Waals surface area contributed by atoms with Gasteiger partial charge in [0.2, 0.25) is 0 Å². The Bertz CT molecular complexity index is 963. The smallest absolute Gasteiger partial charge is 0.256 e. The van der Waals surface area contributed by atoms with Gasteiger partial charge in [-0.05, 0) is 12.1 Å². The van der Waals surface area contributed by atoms with Crippen LogP contribution in [-0.4, -0.2) is 65.7 Å². The average molecular weight is 371 g/mol. The molecule has 10 nitrogen and oxygen atoms in total.